The van der Waals surface area contributed by atoms with Crippen LogP contribution in [0.25, 0.3) is 11.4 Å². The summed E-state index contributed by atoms with van der Waals surface area (Å²) in [6.45, 7) is 1.86. The van der Waals surface area contributed by atoms with Crippen LogP contribution in [0.4, 0.5) is 17.1 Å². The molecule has 0 aliphatic carbocycles. The van der Waals surface area contributed by atoms with Gasteiger partial charge in [-0.25, -0.2) is 0 Å². The number of anilines is 2. The third-order valence-electron chi connectivity index (χ3n) is 5.05. The number of benzene rings is 2. The molecule has 0 spiro atoms. The van der Waals surface area contributed by atoms with Gasteiger partial charge in [0, 0.05) is 36.1 Å². The molecule has 0 saturated carbocycles. The van der Waals surface area contributed by atoms with Crippen molar-refractivity contribution in [2.24, 2.45) is 7.05 Å². The van der Waals surface area contributed by atoms with E-state index < -0.39 is 10.8 Å². The van der Waals surface area contributed by atoms with E-state index in [2.05, 4.69) is 25.8 Å². The minimum Gasteiger partial charge on any atom is -0.371 e. The van der Waals surface area contributed by atoms with E-state index in [1.807, 2.05) is 32.2 Å². The standard InChI is InChI=1S/C23H21N7O3/c1-15(19-8-3-4-11-24-19)26-20-10-9-17(13-21(20)30(32)33)23(31)27-18-7-5-6-16(12-18)22-28-25-14-29(22)2/h3-15,26H,1-2H3,(H,27,31). The first-order valence-electron chi connectivity index (χ1n) is 10.1. The van der Waals surface area contributed by atoms with Crippen LogP contribution < -0.4 is 10.6 Å². The summed E-state index contributed by atoms with van der Waals surface area (Å²) in [5, 5.41) is 25.5. The summed E-state index contributed by atoms with van der Waals surface area (Å²) in [4.78, 5) is 28.2. The number of carbonyl (C=O) groups is 1. The van der Waals surface area contributed by atoms with Gasteiger partial charge in [-0.15, -0.1) is 10.2 Å². The molecule has 166 valence electrons. The third-order valence-corrected chi connectivity index (χ3v) is 5.05. The lowest BCUT2D eigenvalue weighted by Crippen LogP contribution is -2.14. The number of nitrogens with one attached hydrogen (secondary N) is 2. The van der Waals surface area contributed by atoms with Gasteiger partial charge in [0.2, 0.25) is 0 Å². The van der Waals surface area contributed by atoms with Crippen molar-refractivity contribution in [2.45, 2.75) is 13.0 Å². The smallest absolute Gasteiger partial charge is 0.293 e. The first kappa shape index (κ1) is 21.6. The molecule has 10 heteroatoms. The van der Waals surface area contributed by atoms with Crippen LogP contribution in [0.2, 0.25) is 0 Å². The van der Waals surface area contributed by atoms with Crippen LogP contribution in [0.15, 0.2) is 73.2 Å². The summed E-state index contributed by atoms with van der Waals surface area (Å²) < 4.78 is 1.77. The van der Waals surface area contributed by atoms with E-state index in [4.69, 9.17) is 0 Å². The van der Waals surface area contributed by atoms with Gasteiger partial charge in [-0.3, -0.25) is 19.9 Å². The van der Waals surface area contributed by atoms with Crippen molar-refractivity contribution in [3.63, 3.8) is 0 Å². The SMILES string of the molecule is CC(Nc1ccc(C(=O)Nc2cccc(-c3nncn3C)c2)cc1[N+](=O)[O-])c1ccccn1. The fourth-order valence-corrected chi connectivity index (χ4v) is 3.37. The molecule has 0 aliphatic heterocycles. The highest BCUT2D eigenvalue weighted by Gasteiger charge is 2.20. The van der Waals surface area contributed by atoms with Crippen LogP contribution in [0.3, 0.4) is 0 Å². The van der Waals surface area contributed by atoms with Crippen molar-refractivity contribution < 1.29 is 9.72 Å². The van der Waals surface area contributed by atoms with Crippen molar-refractivity contribution in [1.82, 2.24) is 19.7 Å². The minimum atomic E-state index is -0.515. The van der Waals surface area contributed by atoms with E-state index in [-0.39, 0.29) is 17.3 Å². The molecule has 0 bridgehead atoms. The monoisotopic (exact) mass is 443 g/mol. The lowest BCUT2D eigenvalue weighted by atomic mass is 10.1. The zero-order chi connectivity index (χ0) is 23.4. The summed E-state index contributed by atoms with van der Waals surface area (Å²) in [5.41, 5.74) is 2.34. The van der Waals surface area contributed by atoms with Gasteiger partial charge >= 0.3 is 0 Å². The number of nitro groups is 1. The molecule has 2 N–H and O–H groups in total. The number of nitro benzene ring substituents is 1. The van der Waals surface area contributed by atoms with Gasteiger partial charge in [-0.1, -0.05) is 18.2 Å². The second-order valence-corrected chi connectivity index (χ2v) is 7.41. The first-order chi connectivity index (χ1) is 15.9. The van der Waals surface area contributed by atoms with Crippen molar-refractivity contribution in [1.29, 1.82) is 0 Å². The minimum absolute atomic E-state index is 0.168. The number of pyridine rings is 1. The molecule has 0 aliphatic rings. The molecule has 2 aromatic heterocycles. The van der Waals surface area contributed by atoms with Gasteiger partial charge in [0.1, 0.15) is 12.0 Å². The van der Waals surface area contributed by atoms with Gasteiger partial charge in [0.15, 0.2) is 5.82 Å². The molecule has 2 heterocycles. The lowest BCUT2D eigenvalue weighted by Gasteiger charge is -2.15. The molecule has 10 nitrogen and oxygen atoms in total. The molecule has 0 fully saturated rings. The van der Waals surface area contributed by atoms with E-state index in [1.54, 1.807) is 47.4 Å². The Morgan fingerprint density at radius 2 is 1.97 bits per heavy atom. The Balaban J connectivity index is 1.54. The maximum atomic E-state index is 12.8. The van der Waals surface area contributed by atoms with Crippen molar-refractivity contribution >= 4 is 23.0 Å². The maximum absolute atomic E-state index is 12.8. The van der Waals surface area contributed by atoms with Gasteiger partial charge < -0.3 is 15.2 Å². The van der Waals surface area contributed by atoms with E-state index >= 15 is 0 Å². The Bertz CT molecular complexity index is 1300. The van der Waals surface area contributed by atoms with Crippen molar-refractivity contribution in [3.05, 3.63) is 94.6 Å². The molecule has 4 aromatic rings. The molecule has 0 radical (unpaired) electrons. The molecule has 1 atom stereocenters. The topological polar surface area (TPSA) is 128 Å². The lowest BCUT2D eigenvalue weighted by molar-refractivity contribution is -0.384. The third kappa shape index (κ3) is 4.85. The highest BCUT2D eigenvalue weighted by molar-refractivity contribution is 6.05. The summed E-state index contributed by atoms with van der Waals surface area (Å²) in [6.07, 6.45) is 3.25. The summed E-state index contributed by atoms with van der Waals surface area (Å²) in [7, 11) is 1.82. The quantitative estimate of drug-likeness (QED) is 0.323. The Morgan fingerprint density at radius 3 is 2.67 bits per heavy atom. The average molecular weight is 443 g/mol. The zero-order valence-electron chi connectivity index (χ0n) is 18.0. The average Bonchev–Trinajstić information content (AvgIpc) is 3.25. The number of hydrogen-bond donors (Lipinski definition) is 2. The fourth-order valence-electron chi connectivity index (χ4n) is 3.37. The molecule has 4 rings (SSSR count). The number of aromatic nitrogens is 4. The van der Waals surface area contributed by atoms with Crippen molar-refractivity contribution in [2.75, 3.05) is 10.6 Å². The fraction of sp³-hybridized carbons (Fsp3) is 0.130. The summed E-state index contributed by atoms with van der Waals surface area (Å²) >= 11 is 0. The molecule has 1 amide bonds. The number of carbonyl (C=O) groups excluding carboxylic acids is 1. The van der Waals surface area contributed by atoms with Crippen LogP contribution in [0.1, 0.15) is 29.0 Å². The van der Waals surface area contributed by atoms with Crippen LogP contribution in [-0.2, 0) is 7.05 Å². The molecule has 2 aromatic carbocycles. The number of hydrogen-bond acceptors (Lipinski definition) is 7. The van der Waals surface area contributed by atoms with Gasteiger partial charge in [0.05, 0.1) is 16.7 Å². The van der Waals surface area contributed by atoms with Crippen molar-refractivity contribution in [3.8, 4) is 11.4 Å². The number of amides is 1. The maximum Gasteiger partial charge on any atom is 0.293 e. The predicted octanol–water partition coefficient (Wildman–Crippen LogP) is 4.21. The van der Waals surface area contributed by atoms with E-state index in [1.165, 1.54) is 12.1 Å². The van der Waals surface area contributed by atoms with Crippen LogP contribution >= 0.6 is 0 Å². The van der Waals surface area contributed by atoms with Crippen LogP contribution in [0.5, 0.6) is 0 Å². The van der Waals surface area contributed by atoms with E-state index in [0.29, 0.717) is 17.2 Å². The normalized spacial score (nSPS) is 11.6. The Kier molecular flexibility index (Phi) is 6.07. The molecular formula is C23H21N7O3. The van der Waals surface area contributed by atoms with Gasteiger partial charge in [-0.2, -0.15) is 0 Å². The highest BCUT2D eigenvalue weighted by Crippen LogP contribution is 2.29. The van der Waals surface area contributed by atoms with E-state index in [9.17, 15) is 14.9 Å². The van der Waals surface area contributed by atoms with Gasteiger partial charge in [0.25, 0.3) is 11.6 Å². The number of rotatable bonds is 7. The molecule has 1 unspecified atom stereocenters. The van der Waals surface area contributed by atoms with Crippen LogP contribution in [0, 0.1) is 10.1 Å². The number of aryl methyl sites for hydroxylation is 1. The second kappa shape index (κ2) is 9.27. The largest absolute Gasteiger partial charge is 0.371 e. The molecule has 33 heavy (non-hydrogen) atoms. The Labute approximate surface area is 189 Å². The molecule has 0 saturated heterocycles. The predicted molar refractivity (Wildman–Crippen MR) is 124 cm³/mol. The molecular weight excluding hydrogens is 422 g/mol. The summed E-state index contributed by atoms with van der Waals surface area (Å²) in [5.74, 6) is 0.191. The number of nitrogens with zero attached hydrogens (tertiary/aromatic N) is 5. The summed E-state index contributed by atoms with van der Waals surface area (Å²) in [6, 6.07) is 16.7. The first-order valence-corrected chi connectivity index (χ1v) is 10.1. The van der Waals surface area contributed by atoms with E-state index in [0.717, 1.165) is 11.3 Å². The van der Waals surface area contributed by atoms with Crippen LogP contribution in [-0.4, -0.2) is 30.6 Å². The Morgan fingerprint density at radius 1 is 1.12 bits per heavy atom. The highest BCUT2D eigenvalue weighted by atomic mass is 16.6. The van der Waals surface area contributed by atoms with Gasteiger partial charge in [-0.05, 0) is 43.3 Å². The zero-order valence-corrected chi connectivity index (χ0v) is 18.0. The second-order valence-electron chi connectivity index (χ2n) is 7.41. The Hall–Kier alpha value is -4.60.